The van der Waals surface area contributed by atoms with E-state index in [0.717, 1.165) is 12.0 Å². The second kappa shape index (κ2) is 11.5. The molecule has 8 nitrogen and oxygen atoms in total. The molecule has 6 atom stereocenters. The lowest BCUT2D eigenvalue weighted by Crippen LogP contribution is -2.57. The van der Waals surface area contributed by atoms with Gasteiger partial charge in [-0.3, -0.25) is 14.4 Å². The zero-order valence-corrected chi connectivity index (χ0v) is 22.9. The van der Waals surface area contributed by atoms with Crippen molar-refractivity contribution in [1.82, 2.24) is 14.7 Å². The van der Waals surface area contributed by atoms with Gasteiger partial charge in [0.15, 0.2) is 0 Å². The summed E-state index contributed by atoms with van der Waals surface area (Å²) in [7, 11) is 0. The van der Waals surface area contributed by atoms with E-state index in [4.69, 9.17) is 4.74 Å². The third-order valence-electron chi connectivity index (χ3n) is 7.68. The van der Waals surface area contributed by atoms with Crippen molar-refractivity contribution in [3.05, 3.63) is 61.2 Å². The maximum Gasteiger partial charge on any atom is 0.248 e. The maximum absolute atomic E-state index is 14.2. The Kier molecular flexibility index (Phi) is 8.56. The molecule has 1 N–H and O–H groups in total. The van der Waals surface area contributed by atoms with Crippen molar-refractivity contribution in [2.24, 2.45) is 11.8 Å². The third kappa shape index (κ3) is 4.77. The molecule has 200 valence electrons. The number of hydrogen-bond donors (Lipinski definition) is 1. The summed E-state index contributed by atoms with van der Waals surface area (Å²) in [4.78, 5) is 46.6. The van der Waals surface area contributed by atoms with Crippen LogP contribution in [-0.2, 0) is 25.7 Å². The largest absolute Gasteiger partial charge is 0.395 e. The van der Waals surface area contributed by atoms with E-state index in [1.807, 2.05) is 37.3 Å². The third-order valence-corrected chi connectivity index (χ3v) is 8.53. The molecule has 37 heavy (non-hydrogen) atoms. The van der Waals surface area contributed by atoms with E-state index in [9.17, 15) is 19.5 Å². The summed E-state index contributed by atoms with van der Waals surface area (Å²) in [6.45, 7) is 10.9. The zero-order chi connectivity index (χ0) is 26.7. The Bertz CT molecular complexity index is 1040. The molecule has 0 aliphatic carbocycles. The molecule has 3 aliphatic heterocycles. The summed E-state index contributed by atoms with van der Waals surface area (Å²) in [5.74, 6) is -2.22. The van der Waals surface area contributed by atoms with Crippen LogP contribution in [0, 0.1) is 11.8 Å². The molecular weight excluding hydrogens is 538 g/mol. The Morgan fingerprint density at radius 2 is 1.86 bits per heavy atom. The first-order chi connectivity index (χ1) is 17.8. The Morgan fingerprint density at radius 3 is 2.49 bits per heavy atom. The number of β-amino-alcohol motifs (C(OH)–C–C–N with tert-alkyl or cyclic N) is 1. The molecule has 3 heterocycles. The van der Waals surface area contributed by atoms with Gasteiger partial charge in [-0.2, -0.15) is 0 Å². The Balaban J connectivity index is 1.73. The van der Waals surface area contributed by atoms with E-state index in [0.29, 0.717) is 32.6 Å². The van der Waals surface area contributed by atoms with Gasteiger partial charge in [0, 0.05) is 37.6 Å². The lowest BCUT2D eigenvalue weighted by molar-refractivity contribution is -0.149. The molecule has 4 rings (SSSR count). The minimum atomic E-state index is -1.15. The first-order valence-corrected chi connectivity index (χ1v) is 13.8. The molecule has 0 saturated carbocycles. The van der Waals surface area contributed by atoms with E-state index in [-0.39, 0.29) is 35.7 Å². The van der Waals surface area contributed by atoms with Crippen LogP contribution in [0.25, 0.3) is 0 Å². The lowest BCUT2D eigenvalue weighted by atomic mass is 9.70. The fraction of sp³-hybridized carbons (Fsp3) is 0.536. The van der Waals surface area contributed by atoms with Gasteiger partial charge < -0.3 is 24.5 Å². The van der Waals surface area contributed by atoms with E-state index in [2.05, 4.69) is 29.1 Å². The van der Waals surface area contributed by atoms with Crippen molar-refractivity contribution in [3.63, 3.8) is 0 Å². The molecule has 3 unspecified atom stereocenters. The molecule has 3 amide bonds. The van der Waals surface area contributed by atoms with Gasteiger partial charge in [0.25, 0.3) is 0 Å². The molecule has 0 aromatic heterocycles. The zero-order valence-electron chi connectivity index (χ0n) is 21.3. The monoisotopic (exact) mass is 573 g/mol. The van der Waals surface area contributed by atoms with Gasteiger partial charge in [-0.25, -0.2) is 0 Å². The van der Waals surface area contributed by atoms with Gasteiger partial charge in [-0.15, -0.1) is 13.2 Å². The highest BCUT2D eigenvalue weighted by Crippen LogP contribution is 2.60. The molecule has 9 heteroatoms. The van der Waals surface area contributed by atoms with Gasteiger partial charge in [-0.05, 0) is 18.4 Å². The number of aliphatic hydroxyl groups excluding tert-OH is 1. The van der Waals surface area contributed by atoms with Crippen LogP contribution in [0.2, 0.25) is 0 Å². The van der Waals surface area contributed by atoms with Crippen molar-refractivity contribution >= 4 is 33.7 Å². The Morgan fingerprint density at radius 1 is 1.19 bits per heavy atom. The molecule has 0 radical (unpaired) electrons. The molecule has 3 aliphatic rings. The van der Waals surface area contributed by atoms with Crippen molar-refractivity contribution in [2.75, 3.05) is 32.8 Å². The molecule has 1 aromatic carbocycles. The lowest BCUT2D eigenvalue weighted by Gasteiger charge is -2.37. The fourth-order valence-electron chi connectivity index (χ4n) is 6.33. The van der Waals surface area contributed by atoms with E-state index in [1.54, 1.807) is 22.0 Å². The summed E-state index contributed by atoms with van der Waals surface area (Å²) in [5, 5.41) is 9.84. The highest BCUT2D eigenvalue weighted by atomic mass is 79.9. The van der Waals surface area contributed by atoms with Crippen LogP contribution in [0.4, 0.5) is 0 Å². The number of halogens is 1. The number of rotatable bonds is 12. The topological polar surface area (TPSA) is 90.4 Å². The molecule has 1 aromatic rings. The molecule has 3 saturated heterocycles. The smallest absolute Gasteiger partial charge is 0.248 e. The summed E-state index contributed by atoms with van der Waals surface area (Å²) in [6.07, 6.45) is 4.03. The highest BCUT2D eigenvalue weighted by Gasteiger charge is 2.76. The molecule has 1 spiro atoms. The Labute approximate surface area is 227 Å². The van der Waals surface area contributed by atoms with Crippen LogP contribution >= 0.6 is 15.9 Å². The standard InChI is InChI=1S/C28H36BrN3O5/c1-4-12-30(13-5-2)25(34)21-22-26(35)32(15-16-33)24(28(22)17-20(29)23(21)37-28)27(36)31(14-6-3)18-19-10-8-7-9-11-19/h4,6-11,20-24,33H,1,3,5,12-18H2,2H3/t20?,21-,22-,23-,24?,28?/m0/s1. The SMILES string of the molecule is C=CCN(Cc1ccccc1)C(=O)C1N(CCO)C(=O)[C@@H]2[C@H](C(=O)N(CC=C)CCC)[C@H]3OC12CC3Br. The van der Waals surface area contributed by atoms with Gasteiger partial charge in [0.2, 0.25) is 17.7 Å². The average Bonchev–Trinajstić information content (AvgIpc) is 3.47. The number of likely N-dealkylation sites (tertiary alicyclic amines) is 1. The normalized spacial score (nSPS) is 29.8. The van der Waals surface area contributed by atoms with Crippen molar-refractivity contribution in [3.8, 4) is 0 Å². The maximum atomic E-state index is 14.2. The number of amides is 3. The van der Waals surface area contributed by atoms with Crippen LogP contribution in [0.3, 0.4) is 0 Å². The van der Waals surface area contributed by atoms with Crippen LogP contribution in [-0.4, -0.2) is 92.9 Å². The van der Waals surface area contributed by atoms with E-state index >= 15 is 0 Å². The van der Waals surface area contributed by atoms with Gasteiger partial charge >= 0.3 is 0 Å². The molecular formula is C28H36BrN3O5. The Hall–Kier alpha value is -2.49. The van der Waals surface area contributed by atoms with Crippen LogP contribution in [0.15, 0.2) is 55.6 Å². The number of alkyl halides is 1. The van der Waals surface area contributed by atoms with Gasteiger partial charge in [-0.1, -0.05) is 65.3 Å². The van der Waals surface area contributed by atoms with Crippen LogP contribution < -0.4 is 0 Å². The van der Waals surface area contributed by atoms with E-state index < -0.39 is 29.6 Å². The summed E-state index contributed by atoms with van der Waals surface area (Å²) < 4.78 is 6.56. The van der Waals surface area contributed by atoms with Crippen LogP contribution in [0.5, 0.6) is 0 Å². The number of ether oxygens (including phenoxy) is 1. The van der Waals surface area contributed by atoms with Crippen LogP contribution in [0.1, 0.15) is 25.3 Å². The van der Waals surface area contributed by atoms with Crippen molar-refractivity contribution in [1.29, 1.82) is 0 Å². The number of carbonyl (C=O) groups excluding carboxylic acids is 3. The quantitative estimate of drug-likeness (QED) is 0.306. The minimum Gasteiger partial charge on any atom is -0.395 e. The van der Waals surface area contributed by atoms with Gasteiger partial charge in [0.1, 0.15) is 11.6 Å². The first kappa shape index (κ1) is 27.5. The second-order valence-corrected chi connectivity index (χ2v) is 11.2. The number of nitrogens with zero attached hydrogens (tertiary/aromatic N) is 3. The van der Waals surface area contributed by atoms with Gasteiger partial charge in [0.05, 0.1) is 24.5 Å². The van der Waals surface area contributed by atoms with E-state index in [1.165, 1.54) is 4.90 Å². The second-order valence-electron chi connectivity index (χ2n) is 9.98. The number of aliphatic hydroxyl groups is 1. The summed E-state index contributed by atoms with van der Waals surface area (Å²) in [5.41, 5.74) is -0.197. The summed E-state index contributed by atoms with van der Waals surface area (Å²) >= 11 is 3.70. The average molecular weight is 575 g/mol. The highest BCUT2D eigenvalue weighted by molar-refractivity contribution is 9.09. The van der Waals surface area contributed by atoms with Crippen molar-refractivity contribution in [2.45, 2.75) is 48.9 Å². The number of carbonyl (C=O) groups is 3. The van der Waals surface area contributed by atoms with Crippen molar-refractivity contribution < 1.29 is 24.2 Å². The number of hydrogen-bond acceptors (Lipinski definition) is 5. The number of benzene rings is 1. The predicted molar refractivity (Wildman–Crippen MR) is 144 cm³/mol. The predicted octanol–water partition coefficient (Wildman–Crippen LogP) is 2.37. The fourth-order valence-corrected chi connectivity index (χ4v) is 7.28. The summed E-state index contributed by atoms with van der Waals surface area (Å²) in [6, 6.07) is 8.68. The first-order valence-electron chi connectivity index (χ1n) is 12.9. The molecule has 3 fully saturated rings. The number of fused-ring (bicyclic) bond motifs is 1. The molecule has 2 bridgehead atoms. The minimum absolute atomic E-state index is 0.00597.